The molecule has 4 nitrogen and oxygen atoms in total. The fourth-order valence-electron chi connectivity index (χ4n) is 1.73. The number of rotatable bonds is 5. The normalized spacial score (nSPS) is 19.7. The maximum Gasteiger partial charge on any atom is 0.139 e. The first-order valence-corrected chi connectivity index (χ1v) is 5.78. The molecule has 1 aliphatic heterocycles. The Labute approximate surface area is 96.0 Å². The second kappa shape index (κ2) is 5.70. The number of hydrogen-bond donors (Lipinski definition) is 1. The van der Waals surface area contributed by atoms with Crippen molar-refractivity contribution in [1.29, 1.82) is 0 Å². The largest absolute Gasteiger partial charge is 0.492 e. The van der Waals surface area contributed by atoms with Crippen molar-refractivity contribution in [3.05, 3.63) is 18.5 Å². The van der Waals surface area contributed by atoms with Crippen LogP contribution < -0.4 is 10.1 Å². The highest BCUT2D eigenvalue weighted by atomic mass is 16.5. The first-order valence-electron chi connectivity index (χ1n) is 5.78. The highest BCUT2D eigenvalue weighted by molar-refractivity contribution is 5.44. The van der Waals surface area contributed by atoms with Crippen LogP contribution in [0.3, 0.4) is 0 Å². The van der Waals surface area contributed by atoms with Crippen LogP contribution in [0, 0.1) is 5.92 Å². The number of pyridine rings is 1. The van der Waals surface area contributed by atoms with Gasteiger partial charge in [0.25, 0.3) is 0 Å². The van der Waals surface area contributed by atoms with Crippen molar-refractivity contribution in [3.63, 3.8) is 0 Å². The number of nitrogens with one attached hydrogen (secondary N) is 1. The number of hydrogen-bond acceptors (Lipinski definition) is 4. The SMILES string of the molecule is CCNc1cncc(OCC2CCOC2)c1. The summed E-state index contributed by atoms with van der Waals surface area (Å²) in [7, 11) is 0. The van der Waals surface area contributed by atoms with E-state index in [1.807, 2.05) is 6.07 Å². The molecule has 0 saturated carbocycles. The molecule has 1 aliphatic rings. The Morgan fingerprint density at radius 1 is 1.56 bits per heavy atom. The molecule has 16 heavy (non-hydrogen) atoms. The van der Waals surface area contributed by atoms with Gasteiger partial charge in [-0.05, 0) is 13.3 Å². The van der Waals surface area contributed by atoms with Gasteiger partial charge < -0.3 is 14.8 Å². The maximum atomic E-state index is 5.69. The van der Waals surface area contributed by atoms with Crippen LogP contribution in [-0.2, 0) is 4.74 Å². The van der Waals surface area contributed by atoms with Crippen LogP contribution in [0.1, 0.15) is 13.3 Å². The van der Waals surface area contributed by atoms with E-state index in [4.69, 9.17) is 9.47 Å². The minimum absolute atomic E-state index is 0.530. The van der Waals surface area contributed by atoms with Crippen LogP contribution in [0.5, 0.6) is 5.75 Å². The van der Waals surface area contributed by atoms with Gasteiger partial charge in [-0.15, -0.1) is 0 Å². The van der Waals surface area contributed by atoms with Gasteiger partial charge >= 0.3 is 0 Å². The maximum absolute atomic E-state index is 5.69. The standard InChI is InChI=1S/C12H18N2O2/c1-2-14-11-5-12(7-13-6-11)16-9-10-3-4-15-8-10/h5-7,10,14H,2-4,8-9H2,1H3. The summed E-state index contributed by atoms with van der Waals surface area (Å²) in [6.45, 7) is 5.35. The first-order chi connectivity index (χ1) is 7.88. The van der Waals surface area contributed by atoms with Gasteiger partial charge in [0.15, 0.2) is 0 Å². The van der Waals surface area contributed by atoms with Gasteiger partial charge in [0.2, 0.25) is 0 Å². The molecule has 0 bridgehead atoms. The predicted molar refractivity (Wildman–Crippen MR) is 62.8 cm³/mol. The summed E-state index contributed by atoms with van der Waals surface area (Å²) < 4.78 is 11.0. The molecular weight excluding hydrogens is 204 g/mol. The van der Waals surface area contributed by atoms with Gasteiger partial charge in [0, 0.05) is 25.1 Å². The Morgan fingerprint density at radius 3 is 3.25 bits per heavy atom. The monoisotopic (exact) mass is 222 g/mol. The molecular formula is C12H18N2O2. The molecule has 0 aliphatic carbocycles. The first kappa shape index (κ1) is 11.2. The van der Waals surface area contributed by atoms with Crippen LogP contribution in [0.25, 0.3) is 0 Å². The molecule has 1 atom stereocenters. The van der Waals surface area contributed by atoms with Crippen molar-refractivity contribution in [1.82, 2.24) is 4.98 Å². The fourth-order valence-corrected chi connectivity index (χ4v) is 1.73. The second-order valence-corrected chi connectivity index (χ2v) is 3.98. The number of aromatic nitrogens is 1. The topological polar surface area (TPSA) is 43.4 Å². The summed E-state index contributed by atoms with van der Waals surface area (Å²) >= 11 is 0. The highest BCUT2D eigenvalue weighted by Gasteiger charge is 2.16. The Hall–Kier alpha value is -1.29. The van der Waals surface area contributed by atoms with E-state index in [-0.39, 0.29) is 0 Å². The minimum Gasteiger partial charge on any atom is -0.492 e. The number of anilines is 1. The molecule has 0 radical (unpaired) electrons. The molecule has 0 aromatic carbocycles. The predicted octanol–water partition coefficient (Wildman–Crippen LogP) is 1.93. The Morgan fingerprint density at radius 2 is 2.50 bits per heavy atom. The molecule has 1 aromatic heterocycles. The summed E-state index contributed by atoms with van der Waals surface area (Å²) in [6.07, 6.45) is 4.64. The second-order valence-electron chi connectivity index (χ2n) is 3.98. The third-order valence-corrected chi connectivity index (χ3v) is 2.60. The average molecular weight is 222 g/mol. The quantitative estimate of drug-likeness (QED) is 0.826. The zero-order chi connectivity index (χ0) is 11.2. The van der Waals surface area contributed by atoms with E-state index >= 15 is 0 Å². The summed E-state index contributed by atoms with van der Waals surface area (Å²) in [6, 6.07) is 1.98. The lowest BCUT2D eigenvalue weighted by Gasteiger charge is -2.11. The van der Waals surface area contributed by atoms with Crippen molar-refractivity contribution in [2.24, 2.45) is 5.92 Å². The van der Waals surface area contributed by atoms with Crippen LogP contribution in [0.2, 0.25) is 0 Å². The minimum atomic E-state index is 0.530. The summed E-state index contributed by atoms with van der Waals surface area (Å²) in [4.78, 5) is 4.13. The molecule has 2 heterocycles. The Bertz CT molecular complexity index is 325. The molecule has 1 saturated heterocycles. The molecule has 1 aromatic rings. The molecule has 0 spiro atoms. The summed E-state index contributed by atoms with van der Waals surface area (Å²) in [5.41, 5.74) is 1.00. The Balaban J connectivity index is 1.85. The summed E-state index contributed by atoms with van der Waals surface area (Å²) in [5, 5.41) is 3.21. The molecule has 4 heteroatoms. The number of nitrogens with zero attached hydrogens (tertiary/aromatic N) is 1. The van der Waals surface area contributed by atoms with E-state index in [1.165, 1.54) is 0 Å². The van der Waals surface area contributed by atoms with Crippen LogP contribution in [0.15, 0.2) is 18.5 Å². The van der Waals surface area contributed by atoms with Crippen molar-refractivity contribution in [2.75, 3.05) is 31.7 Å². The van der Waals surface area contributed by atoms with Crippen molar-refractivity contribution in [2.45, 2.75) is 13.3 Å². The van der Waals surface area contributed by atoms with E-state index in [0.29, 0.717) is 5.92 Å². The molecule has 88 valence electrons. The zero-order valence-corrected chi connectivity index (χ0v) is 9.61. The van der Waals surface area contributed by atoms with Gasteiger partial charge in [-0.3, -0.25) is 4.98 Å². The van der Waals surface area contributed by atoms with Crippen LogP contribution >= 0.6 is 0 Å². The average Bonchev–Trinajstić information content (AvgIpc) is 2.80. The van der Waals surface area contributed by atoms with Crippen molar-refractivity contribution >= 4 is 5.69 Å². The van der Waals surface area contributed by atoms with E-state index in [9.17, 15) is 0 Å². The number of ether oxygens (including phenoxy) is 2. The van der Waals surface area contributed by atoms with Gasteiger partial charge in [0.05, 0.1) is 31.3 Å². The van der Waals surface area contributed by atoms with Gasteiger partial charge in [-0.2, -0.15) is 0 Å². The van der Waals surface area contributed by atoms with E-state index in [1.54, 1.807) is 12.4 Å². The molecule has 1 N–H and O–H groups in total. The lowest BCUT2D eigenvalue weighted by Crippen LogP contribution is -2.11. The van der Waals surface area contributed by atoms with E-state index < -0.39 is 0 Å². The molecule has 2 rings (SSSR count). The van der Waals surface area contributed by atoms with Crippen LogP contribution in [0.4, 0.5) is 5.69 Å². The molecule has 1 unspecified atom stereocenters. The summed E-state index contributed by atoms with van der Waals surface area (Å²) in [5.74, 6) is 1.35. The van der Waals surface area contributed by atoms with Crippen molar-refractivity contribution < 1.29 is 9.47 Å². The van der Waals surface area contributed by atoms with Crippen molar-refractivity contribution in [3.8, 4) is 5.75 Å². The molecule has 0 amide bonds. The van der Waals surface area contributed by atoms with E-state index in [2.05, 4.69) is 17.2 Å². The van der Waals surface area contributed by atoms with Gasteiger partial charge in [-0.25, -0.2) is 0 Å². The fraction of sp³-hybridized carbons (Fsp3) is 0.583. The van der Waals surface area contributed by atoms with E-state index in [0.717, 1.165) is 44.2 Å². The lowest BCUT2D eigenvalue weighted by molar-refractivity contribution is 0.167. The van der Waals surface area contributed by atoms with Gasteiger partial charge in [0.1, 0.15) is 5.75 Å². The lowest BCUT2D eigenvalue weighted by atomic mass is 10.1. The smallest absolute Gasteiger partial charge is 0.139 e. The van der Waals surface area contributed by atoms with Crippen LogP contribution in [-0.4, -0.2) is 31.3 Å². The third kappa shape index (κ3) is 3.10. The Kier molecular flexibility index (Phi) is 3.99. The highest BCUT2D eigenvalue weighted by Crippen LogP contribution is 2.18. The third-order valence-electron chi connectivity index (χ3n) is 2.60. The van der Waals surface area contributed by atoms with Gasteiger partial charge in [-0.1, -0.05) is 0 Å². The zero-order valence-electron chi connectivity index (χ0n) is 9.61. The molecule has 1 fully saturated rings.